The molecule has 0 atom stereocenters. The Kier molecular flexibility index (Phi) is 7.17. The molecule has 5 heteroatoms. The molecule has 0 aliphatic carbocycles. The predicted octanol–water partition coefficient (Wildman–Crippen LogP) is 6.17. The summed E-state index contributed by atoms with van der Waals surface area (Å²) in [5, 5.41) is 0. The first-order valence-electron chi connectivity index (χ1n) is 12.3. The molecule has 0 fully saturated rings. The average molecular weight is 448 g/mol. The fraction of sp³-hybridized carbons (Fsp3) is 0.429. The molecule has 3 heterocycles. The molecule has 0 spiro atoms. The average Bonchev–Trinajstić information content (AvgIpc) is 2.83. The normalized spacial score (nSPS) is 12.6. The molecular weight excluding hydrogens is 414 g/mol. The van der Waals surface area contributed by atoms with Gasteiger partial charge in [-0.3, -0.25) is 4.79 Å². The highest BCUT2D eigenvalue weighted by atomic mass is 16.5. The fourth-order valence-electron chi connectivity index (χ4n) is 4.45. The van der Waals surface area contributed by atoms with Crippen LogP contribution in [-0.4, -0.2) is 4.40 Å². The van der Waals surface area contributed by atoms with Crippen molar-refractivity contribution in [1.29, 1.82) is 0 Å². The molecule has 2 aromatic heterocycles. The Labute approximate surface area is 194 Å². The maximum Gasteiger partial charge on any atom is 0.346 e. The molecule has 3 aromatic rings. The Bertz CT molecular complexity index is 1280. The van der Waals surface area contributed by atoms with E-state index in [9.17, 15) is 9.59 Å². The number of rotatable bonds is 10. The number of hydrogen-bond donors (Lipinski definition) is 0. The predicted molar refractivity (Wildman–Crippen MR) is 133 cm³/mol. The van der Waals surface area contributed by atoms with Crippen molar-refractivity contribution in [3.8, 4) is 5.88 Å². The van der Waals surface area contributed by atoms with E-state index in [0.29, 0.717) is 47.7 Å². The van der Waals surface area contributed by atoms with Gasteiger partial charge in [0.1, 0.15) is 5.76 Å². The molecule has 33 heavy (non-hydrogen) atoms. The summed E-state index contributed by atoms with van der Waals surface area (Å²) in [6.45, 7) is 6.32. The van der Waals surface area contributed by atoms with E-state index in [1.54, 1.807) is 0 Å². The van der Waals surface area contributed by atoms with Crippen molar-refractivity contribution >= 4 is 17.5 Å². The number of aromatic nitrogens is 1. The van der Waals surface area contributed by atoms with E-state index in [0.717, 1.165) is 55.3 Å². The standard InChI is InChI=1S/C28H33NO4/c1-4-7-15-20-23-18-24(19-13-11-10-12-14-19)32-27-22(17-9-6-3)28(31)33-26(29(23)27)21(25(20)30)16-8-5-2/h10-14,18H,4-9,15-17H2,1-3H3. The van der Waals surface area contributed by atoms with Crippen LogP contribution in [0.2, 0.25) is 0 Å². The van der Waals surface area contributed by atoms with Crippen molar-refractivity contribution in [2.24, 2.45) is 0 Å². The Morgan fingerprint density at radius 3 is 2.03 bits per heavy atom. The Hall–Kier alpha value is -3.08. The zero-order chi connectivity index (χ0) is 23.4. The highest BCUT2D eigenvalue weighted by molar-refractivity contribution is 5.81. The van der Waals surface area contributed by atoms with E-state index in [4.69, 9.17) is 9.15 Å². The fourth-order valence-corrected chi connectivity index (χ4v) is 4.45. The number of nitrogens with zero attached hydrogens (tertiary/aromatic N) is 1. The molecule has 0 radical (unpaired) electrons. The summed E-state index contributed by atoms with van der Waals surface area (Å²) in [4.78, 5) is 26.8. The van der Waals surface area contributed by atoms with E-state index in [2.05, 4.69) is 20.8 Å². The van der Waals surface area contributed by atoms with Crippen LogP contribution in [0, 0.1) is 0 Å². The maximum absolute atomic E-state index is 13.7. The number of aryl methyl sites for hydroxylation is 1. The van der Waals surface area contributed by atoms with Crippen molar-refractivity contribution in [2.45, 2.75) is 78.6 Å². The topological polar surface area (TPSA) is 60.9 Å². The minimum absolute atomic E-state index is 0.00729. The Morgan fingerprint density at radius 1 is 0.788 bits per heavy atom. The van der Waals surface area contributed by atoms with Crippen LogP contribution in [0.5, 0.6) is 5.88 Å². The molecule has 1 aromatic carbocycles. The van der Waals surface area contributed by atoms with Crippen LogP contribution in [0.4, 0.5) is 0 Å². The molecule has 0 saturated carbocycles. The molecule has 0 saturated heterocycles. The molecule has 174 valence electrons. The molecule has 0 N–H and O–H groups in total. The van der Waals surface area contributed by atoms with Gasteiger partial charge in [0.15, 0.2) is 5.43 Å². The molecule has 4 rings (SSSR count). The summed E-state index contributed by atoms with van der Waals surface area (Å²) in [7, 11) is 0. The Morgan fingerprint density at radius 2 is 1.39 bits per heavy atom. The molecule has 1 aliphatic heterocycles. The quantitative estimate of drug-likeness (QED) is 0.373. The first kappa shape index (κ1) is 23.1. The largest absolute Gasteiger partial charge is 0.439 e. The lowest BCUT2D eigenvalue weighted by Gasteiger charge is -2.25. The van der Waals surface area contributed by atoms with Gasteiger partial charge >= 0.3 is 5.63 Å². The van der Waals surface area contributed by atoms with Crippen LogP contribution < -0.4 is 15.8 Å². The number of ether oxygens (including phenoxy) is 1. The number of hydrogen-bond acceptors (Lipinski definition) is 4. The zero-order valence-corrected chi connectivity index (χ0v) is 19.9. The van der Waals surface area contributed by atoms with Gasteiger partial charge in [0, 0.05) is 17.2 Å². The lowest BCUT2D eigenvalue weighted by atomic mass is 9.98. The van der Waals surface area contributed by atoms with Gasteiger partial charge in [-0.1, -0.05) is 70.4 Å². The molecule has 5 nitrogen and oxygen atoms in total. The van der Waals surface area contributed by atoms with Gasteiger partial charge in [0.05, 0.1) is 16.8 Å². The van der Waals surface area contributed by atoms with E-state index in [1.165, 1.54) is 0 Å². The van der Waals surface area contributed by atoms with E-state index in [1.807, 2.05) is 40.8 Å². The zero-order valence-electron chi connectivity index (χ0n) is 19.9. The molecule has 0 unspecified atom stereocenters. The number of pyridine rings is 1. The van der Waals surface area contributed by atoms with Gasteiger partial charge in [0.2, 0.25) is 11.6 Å². The smallest absolute Gasteiger partial charge is 0.346 e. The second-order valence-corrected chi connectivity index (χ2v) is 8.77. The summed E-state index contributed by atoms with van der Waals surface area (Å²) in [6.07, 6.45) is 9.34. The summed E-state index contributed by atoms with van der Waals surface area (Å²) < 4.78 is 14.2. The van der Waals surface area contributed by atoms with Gasteiger partial charge in [-0.15, -0.1) is 0 Å². The third kappa shape index (κ3) is 4.41. The number of benzene rings is 1. The van der Waals surface area contributed by atoms with Gasteiger partial charge < -0.3 is 9.15 Å². The third-order valence-corrected chi connectivity index (χ3v) is 6.33. The molecule has 1 aliphatic rings. The van der Waals surface area contributed by atoms with Crippen molar-refractivity contribution < 1.29 is 9.15 Å². The van der Waals surface area contributed by atoms with E-state index in [-0.39, 0.29) is 5.43 Å². The molecule has 0 bridgehead atoms. The molecular formula is C28H33NO4. The van der Waals surface area contributed by atoms with Crippen LogP contribution in [0.25, 0.3) is 17.5 Å². The summed E-state index contributed by atoms with van der Waals surface area (Å²) in [6, 6.07) is 9.84. The highest BCUT2D eigenvalue weighted by Crippen LogP contribution is 2.34. The Balaban J connectivity index is 2.07. The van der Waals surface area contributed by atoms with Crippen LogP contribution in [0.3, 0.4) is 0 Å². The minimum Gasteiger partial charge on any atom is -0.439 e. The van der Waals surface area contributed by atoms with E-state index >= 15 is 0 Å². The van der Waals surface area contributed by atoms with Crippen LogP contribution >= 0.6 is 0 Å². The van der Waals surface area contributed by atoms with Crippen molar-refractivity contribution in [1.82, 2.24) is 4.40 Å². The maximum atomic E-state index is 13.7. The van der Waals surface area contributed by atoms with Gasteiger partial charge in [-0.25, -0.2) is 9.20 Å². The van der Waals surface area contributed by atoms with E-state index < -0.39 is 5.63 Å². The summed E-state index contributed by atoms with van der Waals surface area (Å²) >= 11 is 0. The molecule has 0 amide bonds. The monoisotopic (exact) mass is 447 g/mol. The van der Waals surface area contributed by atoms with Crippen molar-refractivity contribution in [2.75, 3.05) is 0 Å². The van der Waals surface area contributed by atoms with Crippen molar-refractivity contribution in [3.63, 3.8) is 0 Å². The lowest BCUT2D eigenvalue weighted by molar-refractivity contribution is 0.428. The van der Waals surface area contributed by atoms with Crippen LogP contribution in [0.1, 0.15) is 87.2 Å². The minimum atomic E-state index is -0.405. The SMILES string of the molecule is CCCCc1c2n3c(c(CCCC)c(=O)c(CCCC)c3oc1=O)C=C(c1ccccc1)O2. The summed E-state index contributed by atoms with van der Waals surface area (Å²) in [5.74, 6) is 1.15. The van der Waals surface area contributed by atoms with Crippen LogP contribution in [-0.2, 0) is 19.3 Å². The van der Waals surface area contributed by atoms with Crippen LogP contribution in [0.15, 0.2) is 44.3 Å². The third-order valence-electron chi connectivity index (χ3n) is 6.33. The highest BCUT2D eigenvalue weighted by Gasteiger charge is 2.28. The first-order chi connectivity index (χ1) is 16.1. The van der Waals surface area contributed by atoms with Gasteiger partial charge in [-0.2, -0.15) is 0 Å². The van der Waals surface area contributed by atoms with Crippen molar-refractivity contribution in [3.05, 3.63) is 78.9 Å². The number of unbranched alkanes of at least 4 members (excludes halogenated alkanes) is 3. The first-order valence-corrected chi connectivity index (χ1v) is 12.3. The van der Waals surface area contributed by atoms with Gasteiger partial charge in [-0.05, 0) is 38.5 Å². The van der Waals surface area contributed by atoms with Gasteiger partial charge in [0.25, 0.3) is 0 Å². The second kappa shape index (κ2) is 10.2. The lowest BCUT2D eigenvalue weighted by Crippen LogP contribution is -2.26. The second-order valence-electron chi connectivity index (χ2n) is 8.77. The summed E-state index contributed by atoms with van der Waals surface area (Å²) in [5.41, 5.74) is 3.55.